The smallest absolute Gasteiger partial charge is 0.403 e. The van der Waals surface area contributed by atoms with Gasteiger partial charge >= 0.3 is 7.12 Å². The van der Waals surface area contributed by atoms with Crippen LogP contribution in [0, 0.1) is 0 Å². The zero-order valence-electron chi connectivity index (χ0n) is 11.6. The minimum Gasteiger partial charge on any atom is -0.403 e. The molecule has 96 valence electrons. The Balaban J connectivity index is 1.70. The molecule has 0 radical (unpaired) electrons. The molecule has 0 N–H and O–H groups in total. The lowest BCUT2D eigenvalue weighted by molar-refractivity contribution is 0.00578. The van der Waals surface area contributed by atoms with Crippen LogP contribution in [-0.4, -0.2) is 18.3 Å². The fraction of sp³-hybridized carbons (Fsp3) is 0.600. The van der Waals surface area contributed by atoms with Crippen molar-refractivity contribution in [2.75, 3.05) is 0 Å². The zero-order valence-corrected chi connectivity index (χ0v) is 11.6. The third-order valence-electron chi connectivity index (χ3n) is 4.69. The Labute approximate surface area is 110 Å². The maximum absolute atomic E-state index is 6.12. The van der Waals surface area contributed by atoms with E-state index in [-0.39, 0.29) is 18.3 Å². The predicted molar refractivity (Wildman–Crippen MR) is 73.6 cm³/mol. The van der Waals surface area contributed by atoms with E-state index < -0.39 is 0 Å². The lowest BCUT2D eigenvalue weighted by atomic mass is 9.79. The van der Waals surface area contributed by atoms with E-state index in [1.54, 1.807) is 0 Å². The molecule has 2 aliphatic rings. The highest BCUT2D eigenvalue weighted by molar-refractivity contribution is 6.49. The number of rotatable bonds is 2. The van der Waals surface area contributed by atoms with E-state index in [0.717, 1.165) is 0 Å². The summed E-state index contributed by atoms with van der Waals surface area (Å²) in [6.07, 6.45) is 1.18. The van der Waals surface area contributed by atoms with Gasteiger partial charge in [-0.3, -0.25) is 0 Å². The molecule has 1 heterocycles. The van der Waals surface area contributed by atoms with Gasteiger partial charge in [-0.05, 0) is 45.6 Å². The summed E-state index contributed by atoms with van der Waals surface area (Å²) in [6.45, 7) is 8.47. The molecule has 2 nitrogen and oxygen atoms in total. The van der Waals surface area contributed by atoms with Gasteiger partial charge in [-0.1, -0.05) is 30.3 Å². The molecule has 1 aliphatic heterocycles. The summed E-state index contributed by atoms with van der Waals surface area (Å²) in [5, 5.41) is 0. The van der Waals surface area contributed by atoms with E-state index in [2.05, 4.69) is 58.0 Å². The number of benzene rings is 1. The van der Waals surface area contributed by atoms with Crippen LogP contribution < -0.4 is 0 Å². The second kappa shape index (κ2) is 3.85. The van der Waals surface area contributed by atoms with Gasteiger partial charge in [0.1, 0.15) is 0 Å². The van der Waals surface area contributed by atoms with Crippen molar-refractivity contribution in [2.45, 2.75) is 57.1 Å². The van der Waals surface area contributed by atoms with Gasteiger partial charge in [0.2, 0.25) is 0 Å². The molecule has 0 bridgehead atoms. The standard InChI is InChI=1S/C15H21BO2/c1-14(2)15(3,4)18-16(17-14)13-10-12(13)11-8-6-5-7-9-11/h5-9,12-13H,10H2,1-4H3/t12-,13-/m1/s1. The largest absolute Gasteiger partial charge is 0.461 e. The first-order valence-corrected chi connectivity index (χ1v) is 6.81. The Hall–Kier alpha value is -0.795. The molecule has 2 fully saturated rings. The first-order chi connectivity index (χ1) is 8.41. The van der Waals surface area contributed by atoms with E-state index in [0.29, 0.717) is 11.7 Å². The minimum atomic E-state index is -0.207. The lowest BCUT2D eigenvalue weighted by Crippen LogP contribution is -2.41. The normalized spacial score (nSPS) is 32.6. The first-order valence-electron chi connectivity index (χ1n) is 6.81. The highest BCUT2D eigenvalue weighted by Crippen LogP contribution is 2.58. The molecule has 0 aromatic heterocycles. The van der Waals surface area contributed by atoms with Crippen LogP contribution in [0.15, 0.2) is 30.3 Å². The van der Waals surface area contributed by atoms with Gasteiger partial charge in [-0.15, -0.1) is 0 Å². The Morgan fingerprint density at radius 2 is 1.56 bits per heavy atom. The molecule has 1 saturated carbocycles. The van der Waals surface area contributed by atoms with Crippen molar-refractivity contribution in [3.05, 3.63) is 35.9 Å². The molecular formula is C15H21BO2. The third kappa shape index (κ3) is 1.90. The van der Waals surface area contributed by atoms with Crippen LogP contribution in [0.4, 0.5) is 0 Å². The average molecular weight is 244 g/mol. The van der Waals surface area contributed by atoms with Crippen LogP contribution >= 0.6 is 0 Å². The van der Waals surface area contributed by atoms with Crippen LogP contribution in [0.25, 0.3) is 0 Å². The van der Waals surface area contributed by atoms with Gasteiger partial charge in [0.25, 0.3) is 0 Å². The van der Waals surface area contributed by atoms with Gasteiger partial charge in [0.05, 0.1) is 11.2 Å². The molecular weight excluding hydrogens is 223 g/mol. The van der Waals surface area contributed by atoms with Gasteiger partial charge < -0.3 is 9.31 Å². The average Bonchev–Trinajstić information content (AvgIpc) is 3.04. The highest BCUT2D eigenvalue weighted by Gasteiger charge is 2.59. The summed E-state index contributed by atoms with van der Waals surface area (Å²) in [6, 6.07) is 10.7. The van der Waals surface area contributed by atoms with Gasteiger partial charge in [-0.2, -0.15) is 0 Å². The minimum absolute atomic E-state index is 0.0415. The SMILES string of the molecule is CC1(C)OB([C@@H]2C[C@@H]2c2ccccc2)OC1(C)C. The fourth-order valence-corrected chi connectivity index (χ4v) is 2.66. The van der Waals surface area contributed by atoms with Crippen molar-refractivity contribution in [3.63, 3.8) is 0 Å². The zero-order chi connectivity index (χ0) is 13.0. The Kier molecular flexibility index (Phi) is 2.62. The van der Waals surface area contributed by atoms with Crippen LogP contribution in [0.5, 0.6) is 0 Å². The fourth-order valence-electron chi connectivity index (χ4n) is 2.66. The lowest BCUT2D eigenvalue weighted by Gasteiger charge is -2.32. The second-order valence-corrected chi connectivity index (χ2v) is 6.54. The maximum atomic E-state index is 6.12. The van der Waals surface area contributed by atoms with Crippen LogP contribution in [0.3, 0.4) is 0 Å². The summed E-state index contributed by atoms with van der Waals surface area (Å²) in [7, 11) is -0.0415. The van der Waals surface area contributed by atoms with Gasteiger partial charge in [-0.25, -0.2) is 0 Å². The van der Waals surface area contributed by atoms with Gasteiger partial charge in [0, 0.05) is 5.82 Å². The molecule has 3 heteroatoms. The maximum Gasteiger partial charge on any atom is 0.461 e. The number of hydrogen-bond acceptors (Lipinski definition) is 2. The van der Waals surface area contributed by atoms with Crippen LogP contribution in [-0.2, 0) is 9.31 Å². The molecule has 0 amide bonds. The van der Waals surface area contributed by atoms with E-state index in [1.807, 2.05) is 0 Å². The van der Waals surface area contributed by atoms with Crippen molar-refractivity contribution in [3.8, 4) is 0 Å². The van der Waals surface area contributed by atoms with Crippen molar-refractivity contribution in [1.82, 2.24) is 0 Å². The summed E-state index contributed by atoms with van der Waals surface area (Å²) in [4.78, 5) is 0. The molecule has 3 rings (SSSR count). The van der Waals surface area contributed by atoms with Crippen LogP contribution in [0.1, 0.15) is 45.6 Å². The van der Waals surface area contributed by atoms with Crippen molar-refractivity contribution in [2.24, 2.45) is 0 Å². The van der Waals surface area contributed by atoms with E-state index in [4.69, 9.17) is 9.31 Å². The quantitative estimate of drug-likeness (QED) is 0.739. The van der Waals surface area contributed by atoms with Gasteiger partial charge in [0.15, 0.2) is 0 Å². The Morgan fingerprint density at radius 1 is 1.00 bits per heavy atom. The number of hydrogen-bond donors (Lipinski definition) is 0. The molecule has 2 atom stereocenters. The van der Waals surface area contributed by atoms with Crippen LogP contribution in [0.2, 0.25) is 5.82 Å². The van der Waals surface area contributed by atoms with E-state index in [9.17, 15) is 0 Å². The summed E-state index contributed by atoms with van der Waals surface area (Å²) in [5.41, 5.74) is 1.00. The Bertz CT molecular complexity index is 425. The van der Waals surface area contributed by atoms with E-state index in [1.165, 1.54) is 12.0 Å². The summed E-state index contributed by atoms with van der Waals surface area (Å²) >= 11 is 0. The molecule has 0 unspecified atom stereocenters. The van der Waals surface area contributed by atoms with Crippen molar-refractivity contribution >= 4 is 7.12 Å². The molecule has 1 aromatic rings. The van der Waals surface area contributed by atoms with Crippen molar-refractivity contribution < 1.29 is 9.31 Å². The van der Waals surface area contributed by atoms with Crippen molar-refractivity contribution in [1.29, 1.82) is 0 Å². The second-order valence-electron chi connectivity index (χ2n) is 6.54. The first kappa shape index (κ1) is 12.2. The predicted octanol–water partition coefficient (Wildman–Crippen LogP) is 3.64. The summed E-state index contributed by atoms with van der Waals surface area (Å²) in [5.74, 6) is 1.13. The van der Waals surface area contributed by atoms with E-state index >= 15 is 0 Å². The summed E-state index contributed by atoms with van der Waals surface area (Å²) < 4.78 is 12.2. The topological polar surface area (TPSA) is 18.5 Å². The molecule has 1 aromatic carbocycles. The molecule has 0 spiro atoms. The Morgan fingerprint density at radius 3 is 2.11 bits per heavy atom. The highest BCUT2D eigenvalue weighted by atomic mass is 16.7. The molecule has 1 saturated heterocycles. The third-order valence-corrected chi connectivity index (χ3v) is 4.69. The molecule has 18 heavy (non-hydrogen) atoms. The molecule has 1 aliphatic carbocycles. The monoisotopic (exact) mass is 244 g/mol.